The monoisotopic (exact) mass is 458 g/mol. The molecule has 0 bridgehead atoms. The number of ether oxygens (including phenoxy) is 1. The van der Waals surface area contributed by atoms with Gasteiger partial charge in [-0.2, -0.15) is 4.98 Å². The molecular formula is C24H34N4O3S. The Morgan fingerprint density at radius 1 is 1.28 bits per heavy atom. The minimum Gasteiger partial charge on any atom is -0.495 e. The van der Waals surface area contributed by atoms with Gasteiger partial charge in [-0.15, -0.1) is 0 Å². The van der Waals surface area contributed by atoms with Crippen LogP contribution in [0.4, 0.5) is 5.69 Å². The molecule has 174 valence electrons. The SMILES string of the molecule is CCN(CC)CCCn1c2c(c(SCC(=O)Nc3cc(C)ccc3OC)nc1=O)CCC2. The predicted octanol–water partition coefficient (Wildman–Crippen LogP) is 3.51. The third-order valence-corrected chi connectivity index (χ3v) is 6.94. The molecule has 0 radical (unpaired) electrons. The van der Waals surface area contributed by atoms with E-state index in [9.17, 15) is 9.59 Å². The Kier molecular flexibility index (Phi) is 8.75. The molecule has 32 heavy (non-hydrogen) atoms. The largest absolute Gasteiger partial charge is 0.495 e. The molecule has 3 rings (SSSR count). The molecule has 7 nitrogen and oxygen atoms in total. The number of benzene rings is 1. The van der Waals surface area contributed by atoms with Gasteiger partial charge in [0.1, 0.15) is 10.8 Å². The van der Waals surface area contributed by atoms with Crippen LogP contribution in [0, 0.1) is 6.92 Å². The van der Waals surface area contributed by atoms with E-state index in [0.29, 0.717) is 23.0 Å². The molecule has 0 atom stereocenters. The van der Waals surface area contributed by atoms with E-state index >= 15 is 0 Å². The normalized spacial score (nSPS) is 12.8. The van der Waals surface area contributed by atoms with Crippen LogP contribution in [0.5, 0.6) is 5.75 Å². The summed E-state index contributed by atoms with van der Waals surface area (Å²) in [7, 11) is 1.58. The smallest absolute Gasteiger partial charge is 0.348 e. The van der Waals surface area contributed by atoms with Gasteiger partial charge in [0.05, 0.1) is 18.6 Å². The lowest BCUT2D eigenvalue weighted by molar-refractivity contribution is -0.113. The first-order valence-corrected chi connectivity index (χ1v) is 12.4. The van der Waals surface area contributed by atoms with Crippen molar-refractivity contribution in [1.82, 2.24) is 14.5 Å². The average Bonchev–Trinajstić information content (AvgIpc) is 3.27. The molecule has 1 aliphatic carbocycles. The number of hydrogen-bond donors (Lipinski definition) is 1. The number of carbonyl (C=O) groups is 1. The van der Waals surface area contributed by atoms with E-state index in [-0.39, 0.29) is 17.3 Å². The van der Waals surface area contributed by atoms with Gasteiger partial charge in [0.25, 0.3) is 0 Å². The van der Waals surface area contributed by atoms with Crippen LogP contribution < -0.4 is 15.7 Å². The summed E-state index contributed by atoms with van der Waals surface area (Å²) in [6, 6.07) is 5.66. The highest BCUT2D eigenvalue weighted by molar-refractivity contribution is 8.00. The topological polar surface area (TPSA) is 76.5 Å². The van der Waals surface area contributed by atoms with Crippen molar-refractivity contribution in [2.45, 2.75) is 58.0 Å². The summed E-state index contributed by atoms with van der Waals surface area (Å²) in [5.41, 5.74) is 3.73. The fourth-order valence-corrected chi connectivity index (χ4v) is 5.04. The Morgan fingerprint density at radius 3 is 2.78 bits per heavy atom. The van der Waals surface area contributed by atoms with Crippen LogP contribution in [0.1, 0.15) is 43.5 Å². The van der Waals surface area contributed by atoms with Crippen LogP contribution in [-0.2, 0) is 24.2 Å². The first kappa shape index (κ1) is 24.3. The van der Waals surface area contributed by atoms with Gasteiger partial charge in [0, 0.05) is 17.8 Å². The molecule has 0 spiro atoms. The molecule has 2 aromatic rings. The second-order valence-corrected chi connectivity index (χ2v) is 9.02. The van der Waals surface area contributed by atoms with Crippen LogP contribution in [0.25, 0.3) is 0 Å². The molecule has 1 N–H and O–H groups in total. The Bertz CT molecular complexity index is 1000. The third-order valence-electron chi connectivity index (χ3n) is 5.92. The van der Waals surface area contributed by atoms with Crippen molar-refractivity contribution < 1.29 is 9.53 Å². The Morgan fingerprint density at radius 2 is 2.06 bits per heavy atom. The molecule has 1 heterocycles. The summed E-state index contributed by atoms with van der Waals surface area (Å²) < 4.78 is 7.19. The van der Waals surface area contributed by atoms with E-state index in [2.05, 4.69) is 29.0 Å². The molecule has 1 aromatic carbocycles. The minimum atomic E-state index is -0.201. The maximum Gasteiger partial charge on any atom is 0.348 e. The van der Waals surface area contributed by atoms with E-state index in [1.54, 1.807) is 7.11 Å². The number of fused-ring (bicyclic) bond motifs is 1. The zero-order valence-electron chi connectivity index (χ0n) is 19.6. The fraction of sp³-hybridized carbons (Fsp3) is 0.542. The quantitative estimate of drug-likeness (QED) is 0.410. The number of amides is 1. The highest BCUT2D eigenvalue weighted by atomic mass is 32.2. The number of thioether (sulfide) groups is 1. The Hall–Kier alpha value is -2.32. The zero-order chi connectivity index (χ0) is 23.1. The Balaban J connectivity index is 1.67. The maximum atomic E-state index is 12.8. The van der Waals surface area contributed by atoms with Gasteiger partial charge in [-0.1, -0.05) is 31.7 Å². The van der Waals surface area contributed by atoms with Crippen molar-refractivity contribution >= 4 is 23.4 Å². The first-order chi connectivity index (χ1) is 15.5. The minimum absolute atomic E-state index is 0.143. The summed E-state index contributed by atoms with van der Waals surface area (Å²) in [5, 5.41) is 3.62. The van der Waals surface area contributed by atoms with Crippen LogP contribution in [0.2, 0.25) is 0 Å². The number of anilines is 1. The van der Waals surface area contributed by atoms with Gasteiger partial charge >= 0.3 is 5.69 Å². The number of carbonyl (C=O) groups excluding carboxylic acids is 1. The first-order valence-electron chi connectivity index (χ1n) is 11.4. The summed E-state index contributed by atoms with van der Waals surface area (Å²) in [5.74, 6) is 0.679. The van der Waals surface area contributed by atoms with Gasteiger partial charge in [0.2, 0.25) is 5.91 Å². The maximum absolute atomic E-state index is 12.8. The van der Waals surface area contributed by atoms with Crippen LogP contribution in [0.15, 0.2) is 28.0 Å². The second kappa shape index (κ2) is 11.5. The van der Waals surface area contributed by atoms with Crippen LogP contribution >= 0.6 is 11.8 Å². The lowest BCUT2D eigenvalue weighted by Crippen LogP contribution is -2.30. The number of methoxy groups -OCH3 is 1. The molecule has 1 amide bonds. The zero-order valence-corrected chi connectivity index (χ0v) is 20.4. The highest BCUT2D eigenvalue weighted by Gasteiger charge is 2.22. The number of nitrogens with zero attached hydrogens (tertiary/aromatic N) is 3. The third kappa shape index (κ3) is 5.92. The number of nitrogens with one attached hydrogen (secondary N) is 1. The van der Waals surface area contributed by atoms with Crippen molar-refractivity contribution in [2.24, 2.45) is 0 Å². The van der Waals surface area contributed by atoms with E-state index in [4.69, 9.17) is 4.74 Å². The van der Waals surface area contributed by atoms with Gasteiger partial charge in [0.15, 0.2) is 0 Å². The van der Waals surface area contributed by atoms with Crippen molar-refractivity contribution in [3.05, 3.63) is 45.5 Å². The fourth-order valence-electron chi connectivity index (χ4n) is 4.17. The molecule has 1 aliphatic rings. The lowest BCUT2D eigenvalue weighted by Gasteiger charge is -2.19. The van der Waals surface area contributed by atoms with Crippen LogP contribution in [0.3, 0.4) is 0 Å². The molecule has 1 aromatic heterocycles. The standard InChI is InChI=1S/C24H34N4O3S/c1-5-27(6-2)13-8-14-28-20-10-7-9-18(20)23(26-24(28)30)32-16-22(29)25-19-15-17(3)11-12-21(19)31-4/h11-12,15H,5-10,13-14,16H2,1-4H3,(H,25,29). The average molecular weight is 459 g/mol. The summed E-state index contributed by atoms with van der Waals surface area (Å²) in [6.45, 7) is 10.0. The van der Waals surface area contributed by atoms with Gasteiger partial charge in [-0.25, -0.2) is 4.79 Å². The van der Waals surface area contributed by atoms with E-state index < -0.39 is 0 Å². The molecule has 8 heteroatoms. The second-order valence-electron chi connectivity index (χ2n) is 8.05. The van der Waals surface area contributed by atoms with Crippen molar-refractivity contribution in [1.29, 1.82) is 0 Å². The predicted molar refractivity (Wildman–Crippen MR) is 130 cm³/mol. The lowest BCUT2D eigenvalue weighted by atomic mass is 10.2. The van der Waals surface area contributed by atoms with Gasteiger partial charge in [-0.05, 0) is 69.9 Å². The van der Waals surface area contributed by atoms with Crippen LogP contribution in [-0.4, -0.2) is 52.9 Å². The molecule has 0 saturated heterocycles. The molecule has 0 saturated carbocycles. The van der Waals surface area contributed by atoms with E-state index in [0.717, 1.165) is 62.1 Å². The van der Waals surface area contributed by atoms with Gasteiger partial charge in [-0.3, -0.25) is 9.36 Å². The highest BCUT2D eigenvalue weighted by Crippen LogP contribution is 2.30. The van der Waals surface area contributed by atoms with E-state index in [1.165, 1.54) is 11.8 Å². The summed E-state index contributed by atoms with van der Waals surface area (Å²) >= 11 is 1.34. The number of hydrogen-bond acceptors (Lipinski definition) is 6. The van der Waals surface area contributed by atoms with Gasteiger partial charge < -0.3 is 15.0 Å². The number of rotatable bonds is 11. The number of aryl methyl sites for hydroxylation is 1. The summed E-state index contributed by atoms with van der Waals surface area (Å²) in [6.07, 6.45) is 3.77. The molecular weight excluding hydrogens is 424 g/mol. The Labute approximate surface area is 194 Å². The van der Waals surface area contributed by atoms with Crippen molar-refractivity contribution in [2.75, 3.05) is 37.8 Å². The molecule has 0 unspecified atom stereocenters. The van der Waals surface area contributed by atoms with Crippen molar-refractivity contribution in [3.63, 3.8) is 0 Å². The summed E-state index contributed by atoms with van der Waals surface area (Å²) in [4.78, 5) is 32.1. The van der Waals surface area contributed by atoms with Crippen molar-refractivity contribution in [3.8, 4) is 5.75 Å². The van der Waals surface area contributed by atoms with E-state index in [1.807, 2.05) is 29.7 Å². The molecule has 0 aliphatic heterocycles. The molecule has 0 fully saturated rings. The number of aromatic nitrogens is 2.